The number of hydrogen-bond donors (Lipinski definition) is 2. The number of hydrogen-bond acceptors (Lipinski definition) is 3. The van der Waals surface area contributed by atoms with E-state index < -0.39 is 10.0 Å². The summed E-state index contributed by atoms with van der Waals surface area (Å²) in [7, 11) is -3.38. The normalized spacial score (nSPS) is 24.3. The highest BCUT2D eigenvalue weighted by atomic mass is 32.2. The van der Waals surface area contributed by atoms with Crippen LogP contribution in [0.2, 0.25) is 0 Å². The van der Waals surface area contributed by atoms with E-state index in [0.29, 0.717) is 17.5 Å². The van der Waals surface area contributed by atoms with Gasteiger partial charge in [0.15, 0.2) is 0 Å². The molecule has 0 amide bonds. The van der Waals surface area contributed by atoms with E-state index in [0.717, 1.165) is 18.4 Å². The number of piperidine rings is 1. The lowest BCUT2D eigenvalue weighted by atomic mass is 10.00. The highest BCUT2D eigenvalue weighted by Crippen LogP contribution is 2.13. The Balaban J connectivity index is 1.96. The summed E-state index contributed by atoms with van der Waals surface area (Å²) >= 11 is 0. The standard InChI is InChI=1S/C14H22N2O2S/c1-11-6-8-14(9-7-11)19(17,18)15-10-13-5-3-4-12(2)16-13/h6-9,12-13,15-16H,3-5,10H2,1-2H3. The van der Waals surface area contributed by atoms with Crippen LogP contribution >= 0.6 is 0 Å². The van der Waals surface area contributed by atoms with Crippen molar-refractivity contribution in [1.82, 2.24) is 10.0 Å². The number of nitrogens with one attached hydrogen (secondary N) is 2. The van der Waals surface area contributed by atoms with E-state index in [1.54, 1.807) is 12.1 Å². The second-order valence-electron chi connectivity index (χ2n) is 5.36. The number of aryl methyl sites for hydroxylation is 1. The summed E-state index contributed by atoms with van der Waals surface area (Å²) < 4.78 is 27.0. The van der Waals surface area contributed by atoms with Gasteiger partial charge < -0.3 is 5.32 Å². The molecule has 1 aromatic carbocycles. The molecule has 0 bridgehead atoms. The van der Waals surface area contributed by atoms with Crippen LogP contribution in [-0.2, 0) is 10.0 Å². The predicted octanol–water partition coefficient (Wildman–Crippen LogP) is 1.80. The Morgan fingerprint density at radius 2 is 1.95 bits per heavy atom. The Morgan fingerprint density at radius 3 is 2.58 bits per heavy atom. The first-order valence-corrected chi connectivity index (χ1v) is 8.28. The molecule has 0 radical (unpaired) electrons. The summed E-state index contributed by atoms with van der Waals surface area (Å²) in [6.45, 7) is 4.54. The van der Waals surface area contributed by atoms with Crippen molar-refractivity contribution in [3.05, 3.63) is 29.8 Å². The molecule has 2 N–H and O–H groups in total. The third-order valence-corrected chi connectivity index (χ3v) is 5.00. The van der Waals surface area contributed by atoms with Crippen molar-refractivity contribution in [2.45, 2.75) is 50.1 Å². The summed E-state index contributed by atoms with van der Waals surface area (Å²) in [6.07, 6.45) is 3.35. The Hall–Kier alpha value is -0.910. The minimum absolute atomic E-state index is 0.240. The highest BCUT2D eigenvalue weighted by molar-refractivity contribution is 7.89. The van der Waals surface area contributed by atoms with Crippen molar-refractivity contribution in [2.75, 3.05) is 6.54 Å². The molecule has 1 fully saturated rings. The van der Waals surface area contributed by atoms with Gasteiger partial charge in [-0.1, -0.05) is 24.1 Å². The van der Waals surface area contributed by atoms with E-state index in [1.165, 1.54) is 6.42 Å². The molecule has 2 atom stereocenters. The van der Waals surface area contributed by atoms with Gasteiger partial charge in [-0.25, -0.2) is 13.1 Å². The zero-order valence-electron chi connectivity index (χ0n) is 11.5. The maximum Gasteiger partial charge on any atom is 0.240 e. The molecule has 4 nitrogen and oxygen atoms in total. The predicted molar refractivity (Wildman–Crippen MR) is 76.6 cm³/mol. The molecule has 2 unspecified atom stereocenters. The van der Waals surface area contributed by atoms with Gasteiger partial charge in [-0.3, -0.25) is 0 Å². The van der Waals surface area contributed by atoms with Crippen molar-refractivity contribution in [3.63, 3.8) is 0 Å². The van der Waals surface area contributed by atoms with Crippen LogP contribution in [0, 0.1) is 6.92 Å². The monoisotopic (exact) mass is 282 g/mol. The van der Waals surface area contributed by atoms with Crippen LogP contribution in [0.15, 0.2) is 29.2 Å². The van der Waals surface area contributed by atoms with Crippen LogP contribution in [0.1, 0.15) is 31.7 Å². The molecule has 0 aromatic heterocycles. The molecule has 0 spiro atoms. The fourth-order valence-electron chi connectivity index (χ4n) is 2.41. The molecule has 0 aliphatic carbocycles. The molecule has 2 rings (SSSR count). The SMILES string of the molecule is Cc1ccc(S(=O)(=O)NCC2CCCC(C)N2)cc1. The van der Waals surface area contributed by atoms with Gasteiger partial charge in [0.1, 0.15) is 0 Å². The smallest absolute Gasteiger partial charge is 0.240 e. The second kappa shape index (κ2) is 6.03. The average Bonchev–Trinajstić information content (AvgIpc) is 2.37. The highest BCUT2D eigenvalue weighted by Gasteiger charge is 2.20. The first kappa shape index (κ1) is 14.5. The minimum atomic E-state index is -3.38. The van der Waals surface area contributed by atoms with Crippen LogP contribution in [0.3, 0.4) is 0 Å². The van der Waals surface area contributed by atoms with Gasteiger partial charge in [0, 0.05) is 18.6 Å². The van der Waals surface area contributed by atoms with Gasteiger partial charge >= 0.3 is 0 Å². The topological polar surface area (TPSA) is 58.2 Å². The summed E-state index contributed by atoms with van der Waals surface area (Å²) in [5, 5.41) is 3.42. The van der Waals surface area contributed by atoms with Crippen LogP contribution in [-0.4, -0.2) is 27.0 Å². The van der Waals surface area contributed by atoms with Gasteiger partial charge in [-0.15, -0.1) is 0 Å². The largest absolute Gasteiger partial charge is 0.310 e. The summed E-state index contributed by atoms with van der Waals surface area (Å²) in [6, 6.07) is 7.64. The first-order valence-electron chi connectivity index (χ1n) is 6.80. The van der Waals surface area contributed by atoms with Crippen molar-refractivity contribution in [1.29, 1.82) is 0 Å². The van der Waals surface area contributed by atoms with Gasteiger partial charge in [0.2, 0.25) is 10.0 Å². The summed E-state index contributed by atoms with van der Waals surface area (Å²) in [5.74, 6) is 0. The third-order valence-electron chi connectivity index (χ3n) is 3.56. The number of benzene rings is 1. The van der Waals surface area contributed by atoms with Gasteiger partial charge in [0.05, 0.1) is 4.90 Å². The molecular formula is C14H22N2O2S. The molecule has 1 saturated heterocycles. The maximum atomic E-state index is 12.1. The van der Waals surface area contributed by atoms with Gasteiger partial charge in [-0.05, 0) is 38.8 Å². The quantitative estimate of drug-likeness (QED) is 0.885. The van der Waals surface area contributed by atoms with E-state index in [1.807, 2.05) is 19.1 Å². The van der Waals surface area contributed by atoms with Crippen LogP contribution in [0.4, 0.5) is 0 Å². The van der Waals surface area contributed by atoms with E-state index in [9.17, 15) is 8.42 Å². The van der Waals surface area contributed by atoms with E-state index in [2.05, 4.69) is 17.0 Å². The summed E-state index contributed by atoms with van der Waals surface area (Å²) in [4.78, 5) is 0.335. The van der Waals surface area contributed by atoms with Crippen LogP contribution in [0.5, 0.6) is 0 Å². The molecule has 1 heterocycles. The minimum Gasteiger partial charge on any atom is -0.310 e. The number of rotatable bonds is 4. The molecular weight excluding hydrogens is 260 g/mol. The molecule has 0 saturated carbocycles. The van der Waals surface area contributed by atoms with Crippen LogP contribution in [0.25, 0.3) is 0 Å². The molecule has 1 aliphatic rings. The second-order valence-corrected chi connectivity index (χ2v) is 7.13. The van der Waals surface area contributed by atoms with Gasteiger partial charge in [0.25, 0.3) is 0 Å². The lowest BCUT2D eigenvalue weighted by molar-refractivity contribution is 0.334. The molecule has 1 aromatic rings. The maximum absolute atomic E-state index is 12.1. The van der Waals surface area contributed by atoms with E-state index in [-0.39, 0.29) is 6.04 Å². The Labute approximate surface area is 115 Å². The average molecular weight is 282 g/mol. The van der Waals surface area contributed by atoms with Gasteiger partial charge in [-0.2, -0.15) is 0 Å². The lowest BCUT2D eigenvalue weighted by Gasteiger charge is -2.28. The van der Waals surface area contributed by atoms with Crippen molar-refractivity contribution < 1.29 is 8.42 Å². The first-order chi connectivity index (χ1) is 8.97. The third kappa shape index (κ3) is 4.03. The van der Waals surface area contributed by atoms with E-state index >= 15 is 0 Å². The van der Waals surface area contributed by atoms with Crippen molar-refractivity contribution in [2.24, 2.45) is 0 Å². The fourth-order valence-corrected chi connectivity index (χ4v) is 3.49. The lowest BCUT2D eigenvalue weighted by Crippen LogP contribution is -2.47. The Kier molecular flexibility index (Phi) is 4.60. The molecule has 1 aliphatic heterocycles. The van der Waals surface area contributed by atoms with Crippen molar-refractivity contribution in [3.8, 4) is 0 Å². The fraction of sp³-hybridized carbons (Fsp3) is 0.571. The molecule has 19 heavy (non-hydrogen) atoms. The van der Waals surface area contributed by atoms with E-state index in [4.69, 9.17) is 0 Å². The number of sulfonamides is 1. The van der Waals surface area contributed by atoms with Crippen molar-refractivity contribution >= 4 is 10.0 Å². The zero-order chi connectivity index (χ0) is 13.9. The summed E-state index contributed by atoms with van der Waals surface area (Å²) in [5.41, 5.74) is 1.06. The zero-order valence-corrected chi connectivity index (χ0v) is 12.3. The Morgan fingerprint density at radius 1 is 1.26 bits per heavy atom. The Bertz CT molecular complexity index is 511. The van der Waals surface area contributed by atoms with Crippen LogP contribution < -0.4 is 10.0 Å². The molecule has 106 valence electrons. The molecule has 5 heteroatoms.